The summed E-state index contributed by atoms with van der Waals surface area (Å²) >= 11 is 0. The summed E-state index contributed by atoms with van der Waals surface area (Å²) in [5.41, 5.74) is 2.55. The van der Waals surface area contributed by atoms with E-state index in [-0.39, 0.29) is 5.88 Å². The molecule has 0 bridgehead atoms. The number of pyridine rings is 1. The summed E-state index contributed by atoms with van der Waals surface area (Å²) in [5, 5.41) is 16.9. The van der Waals surface area contributed by atoms with Gasteiger partial charge in [-0.05, 0) is 19.4 Å². The van der Waals surface area contributed by atoms with Crippen molar-refractivity contribution in [3.63, 3.8) is 0 Å². The fourth-order valence-electron chi connectivity index (χ4n) is 1.39. The SMILES string of the molecule is Cc1cc(O)nc2[nH]nc(C)c12. The lowest BCUT2D eigenvalue weighted by atomic mass is 10.2. The van der Waals surface area contributed by atoms with Gasteiger partial charge in [-0.15, -0.1) is 0 Å². The lowest BCUT2D eigenvalue weighted by molar-refractivity contribution is 0.455. The van der Waals surface area contributed by atoms with Crippen LogP contribution in [-0.4, -0.2) is 20.3 Å². The minimum atomic E-state index is 0.0312. The quantitative estimate of drug-likeness (QED) is 0.615. The van der Waals surface area contributed by atoms with Crippen LogP contribution in [-0.2, 0) is 0 Å². The zero-order chi connectivity index (χ0) is 8.72. The van der Waals surface area contributed by atoms with Crippen molar-refractivity contribution < 1.29 is 5.11 Å². The van der Waals surface area contributed by atoms with Gasteiger partial charge in [0.1, 0.15) is 0 Å². The fourth-order valence-corrected chi connectivity index (χ4v) is 1.39. The number of nitrogens with zero attached hydrogens (tertiary/aromatic N) is 2. The normalized spacial score (nSPS) is 10.8. The number of nitrogens with one attached hydrogen (secondary N) is 1. The summed E-state index contributed by atoms with van der Waals surface area (Å²) in [6, 6.07) is 1.63. The van der Waals surface area contributed by atoms with Crippen LogP contribution in [0.4, 0.5) is 0 Å². The molecule has 0 amide bonds. The summed E-state index contributed by atoms with van der Waals surface area (Å²) in [5.74, 6) is 0.0312. The Morgan fingerprint density at radius 1 is 1.42 bits per heavy atom. The third-order valence-electron chi connectivity index (χ3n) is 1.89. The first-order valence-corrected chi connectivity index (χ1v) is 3.70. The molecule has 0 aromatic carbocycles. The van der Waals surface area contributed by atoms with Crippen LogP contribution >= 0.6 is 0 Å². The summed E-state index contributed by atoms with van der Waals surface area (Å²) in [4.78, 5) is 3.89. The minimum Gasteiger partial charge on any atom is -0.493 e. The lowest BCUT2D eigenvalue weighted by Crippen LogP contribution is -1.81. The van der Waals surface area contributed by atoms with E-state index in [9.17, 15) is 0 Å². The average Bonchev–Trinajstić information content (AvgIpc) is 2.31. The van der Waals surface area contributed by atoms with Gasteiger partial charge in [-0.1, -0.05) is 0 Å². The summed E-state index contributed by atoms with van der Waals surface area (Å²) < 4.78 is 0. The lowest BCUT2D eigenvalue weighted by Gasteiger charge is -1.96. The molecule has 2 aromatic heterocycles. The van der Waals surface area contributed by atoms with Crippen molar-refractivity contribution in [1.29, 1.82) is 0 Å². The van der Waals surface area contributed by atoms with Crippen LogP contribution in [0.3, 0.4) is 0 Å². The molecule has 2 rings (SSSR count). The Kier molecular flexibility index (Phi) is 1.30. The molecule has 0 saturated carbocycles. The van der Waals surface area contributed by atoms with Gasteiger partial charge < -0.3 is 5.11 Å². The third-order valence-corrected chi connectivity index (χ3v) is 1.89. The van der Waals surface area contributed by atoms with E-state index < -0.39 is 0 Å². The van der Waals surface area contributed by atoms with Crippen molar-refractivity contribution in [2.75, 3.05) is 0 Å². The zero-order valence-electron chi connectivity index (χ0n) is 6.92. The molecular weight excluding hydrogens is 154 g/mol. The maximum Gasteiger partial charge on any atom is 0.213 e. The van der Waals surface area contributed by atoms with Gasteiger partial charge in [0.2, 0.25) is 5.88 Å². The summed E-state index contributed by atoms with van der Waals surface area (Å²) in [6.45, 7) is 3.83. The van der Waals surface area contributed by atoms with Crippen LogP contribution in [0.1, 0.15) is 11.3 Å². The van der Waals surface area contributed by atoms with E-state index in [1.807, 2.05) is 13.8 Å². The van der Waals surface area contributed by atoms with Crippen molar-refractivity contribution in [1.82, 2.24) is 15.2 Å². The minimum absolute atomic E-state index is 0.0312. The maximum atomic E-state index is 9.16. The number of aromatic amines is 1. The van der Waals surface area contributed by atoms with Crippen LogP contribution in [0, 0.1) is 13.8 Å². The number of fused-ring (bicyclic) bond motifs is 1. The molecule has 12 heavy (non-hydrogen) atoms. The number of hydrogen-bond donors (Lipinski definition) is 2. The molecule has 4 heteroatoms. The smallest absolute Gasteiger partial charge is 0.213 e. The molecule has 2 aromatic rings. The largest absolute Gasteiger partial charge is 0.493 e. The van der Waals surface area contributed by atoms with Crippen LogP contribution < -0.4 is 0 Å². The van der Waals surface area contributed by atoms with E-state index in [0.29, 0.717) is 5.65 Å². The predicted molar refractivity (Wildman–Crippen MR) is 45.0 cm³/mol. The Morgan fingerprint density at radius 3 is 2.92 bits per heavy atom. The molecule has 0 saturated heterocycles. The van der Waals surface area contributed by atoms with Gasteiger partial charge in [-0.25, -0.2) is 0 Å². The van der Waals surface area contributed by atoms with E-state index in [0.717, 1.165) is 16.6 Å². The van der Waals surface area contributed by atoms with Gasteiger partial charge in [-0.3, -0.25) is 5.10 Å². The second-order valence-electron chi connectivity index (χ2n) is 2.83. The molecule has 0 unspecified atom stereocenters. The molecule has 62 valence electrons. The van der Waals surface area contributed by atoms with Gasteiger partial charge in [0.05, 0.1) is 5.69 Å². The van der Waals surface area contributed by atoms with Gasteiger partial charge in [0.25, 0.3) is 0 Å². The van der Waals surface area contributed by atoms with Crippen molar-refractivity contribution >= 4 is 11.0 Å². The highest BCUT2D eigenvalue weighted by atomic mass is 16.3. The summed E-state index contributed by atoms with van der Waals surface area (Å²) in [6.07, 6.45) is 0. The zero-order valence-corrected chi connectivity index (χ0v) is 6.92. The van der Waals surface area contributed by atoms with Crippen LogP contribution in [0.25, 0.3) is 11.0 Å². The van der Waals surface area contributed by atoms with Gasteiger partial charge in [-0.2, -0.15) is 10.1 Å². The molecule has 2 N–H and O–H groups in total. The molecule has 4 nitrogen and oxygen atoms in total. The Labute approximate surface area is 69.3 Å². The molecule has 0 aliphatic heterocycles. The van der Waals surface area contributed by atoms with Crippen LogP contribution in [0.15, 0.2) is 6.07 Å². The van der Waals surface area contributed by atoms with E-state index in [1.54, 1.807) is 6.07 Å². The Morgan fingerprint density at radius 2 is 2.17 bits per heavy atom. The summed E-state index contributed by atoms with van der Waals surface area (Å²) in [7, 11) is 0. The first kappa shape index (κ1) is 7.09. The van der Waals surface area contributed by atoms with E-state index in [2.05, 4.69) is 15.2 Å². The highest BCUT2D eigenvalue weighted by Crippen LogP contribution is 2.20. The molecular formula is C8H9N3O. The first-order chi connectivity index (χ1) is 5.68. The average molecular weight is 163 g/mol. The number of H-pyrrole nitrogens is 1. The predicted octanol–water partition coefficient (Wildman–Crippen LogP) is 1.28. The number of aromatic nitrogens is 3. The van der Waals surface area contributed by atoms with Crippen molar-refractivity contribution in [3.05, 3.63) is 17.3 Å². The van der Waals surface area contributed by atoms with Gasteiger partial charge >= 0.3 is 0 Å². The standard InChI is InChI=1S/C8H9N3O/c1-4-3-6(12)9-8-7(4)5(2)10-11-8/h3H,1-2H3,(H2,9,10,11,12). The van der Waals surface area contributed by atoms with Crippen molar-refractivity contribution in [2.24, 2.45) is 0 Å². The van der Waals surface area contributed by atoms with E-state index >= 15 is 0 Å². The molecule has 0 aliphatic carbocycles. The van der Waals surface area contributed by atoms with Crippen molar-refractivity contribution in [2.45, 2.75) is 13.8 Å². The number of aromatic hydroxyl groups is 1. The highest BCUT2D eigenvalue weighted by molar-refractivity contribution is 5.81. The molecule has 0 aliphatic rings. The van der Waals surface area contributed by atoms with Crippen LogP contribution in [0.5, 0.6) is 5.88 Å². The molecule has 0 radical (unpaired) electrons. The molecule has 0 spiro atoms. The van der Waals surface area contributed by atoms with Gasteiger partial charge in [0, 0.05) is 11.5 Å². The third kappa shape index (κ3) is 0.845. The number of aryl methyl sites for hydroxylation is 2. The van der Waals surface area contributed by atoms with Gasteiger partial charge in [0.15, 0.2) is 5.65 Å². The second-order valence-corrected chi connectivity index (χ2v) is 2.83. The topological polar surface area (TPSA) is 61.8 Å². The first-order valence-electron chi connectivity index (χ1n) is 3.70. The maximum absolute atomic E-state index is 9.16. The van der Waals surface area contributed by atoms with E-state index in [4.69, 9.17) is 5.11 Å². The second kappa shape index (κ2) is 2.20. The Hall–Kier alpha value is -1.58. The number of rotatable bonds is 0. The van der Waals surface area contributed by atoms with Crippen molar-refractivity contribution in [3.8, 4) is 5.88 Å². The Bertz CT molecular complexity index is 433. The monoisotopic (exact) mass is 163 g/mol. The fraction of sp³-hybridized carbons (Fsp3) is 0.250. The van der Waals surface area contributed by atoms with Crippen LogP contribution in [0.2, 0.25) is 0 Å². The number of hydrogen-bond acceptors (Lipinski definition) is 3. The van der Waals surface area contributed by atoms with E-state index in [1.165, 1.54) is 0 Å². The molecule has 2 heterocycles. The molecule has 0 fully saturated rings. The highest BCUT2D eigenvalue weighted by Gasteiger charge is 2.06. The molecule has 0 atom stereocenters. The Balaban J connectivity index is 2.93.